The van der Waals surface area contributed by atoms with Gasteiger partial charge in [0.25, 0.3) is 6.43 Å². The predicted octanol–water partition coefficient (Wildman–Crippen LogP) is 2.89. The van der Waals surface area contributed by atoms with Crippen molar-refractivity contribution in [3.8, 4) is 5.75 Å². The van der Waals surface area contributed by atoms with Gasteiger partial charge < -0.3 is 4.74 Å². The molecule has 0 aliphatic carbocycles. The molecule has 1 aliphatic rings. The van der Waals surface area contributed by atoms with Crippen molar-refractivity contribution in [2.45, 2.75) is 50.2 Å². The molecule has 0 radical (unpaired) electrons. The Morgan fingerprint density at radius 2 is 1.86 bits per heavy atom. The molecule has 1 aliphatic heterocycles. The van der Waals surface area contributed by atoms with Gasteiger partial charge in [0.1, 0.15) is 5.75 Å². The summed E-state index contributed by atoms with van der Waals surface area (Å²) in [5.41, 5.74) is 0. The minimum Gasteiger partial charge on any atom is -0.491 e. The summed E-state index contributed by atoms with van der Waals surface area (Å²) in [5.74, 6) is 0.552. The molecule has 0 spiro atoms. The molecule has 7 heteroatoms. The van der Waals surface area contributed by atoms with Crippen LogP contribution in [0, 0.1) is 0 Å². The van der Waals surface area contributed by atoms with Crippen LogP contribution >= 0.6 is 0 Å². The van der Waals surface area contributed by atoms with Gasteiger partial charge in [0.05, 0.1) is 17.0 Å². The Kier molecular flexibility index (Phi) is 4.83. The molecule has 0 amide bonds. The molecule has 0 unspecified atom stereocenters. The summed E-state index contributed by atoms with van der Waals surface area (Å²) >= 11 is 0. The lowest BCUT2D eigenvalue weighted by Gasteiger charge is -2.23. The van der Waals surface area contributed by atoms with Crippen molar-refractivity contribution >= 4 is 10.0 Å². The van der Waals surface area contributed by atoms with Crippen molar-refractivity contribution in [1.29, 1.82) is 0 Å². The Morgan fingerprint density at radius 3 is 2.38 bits per heavy atom. The first-order valence-corrected chi connectivity index (χ1v) is 8.33. The van der Waals surface area contributed by atoms with Gasteiger partial charge in [-0.25, -0.2) is 17.2 Å². The molecule has 2 rings (SSSR count). The summed E-state index contributed by atoms with van der Waals surface area (Å²) in [6.07, 6.45) is -2.02. The van der Waals surface area contributed by atoms with E-state index in [-0.39, 0.29) is 24.0 Å². The number of alkyl halides is 2. The molecular formula is C14H19F2NO3S. The van der Waals surface area contributed by atoms with E-state index in [2.05, 4.69) is 0 Å². The number of halogens is 2. The standard InChI is InChI=1S/C14H19F2NO3S/c1-10(2)20-11-5-7-12(8-6-11)21(18,19)17-9-3-4-13(17)14(15)16/h5-8,10,13-14H,3-4,9H2,1-2H3/t13-/m1/s1. The van der Waals surface area contributed by atoms with Crippen molar-refractivity contribution in [3.63, 3.8) is 0 Å². The molecular weight excluding hydrogens is 300 g/mol. The van der Waals surface area contributed by atoms with Crippen LogP contribution in [0.3, 0.4) is 0 Å². The van der Waals surface area contributed by atoms with Crippen molar-refractivity contribution in [1.82, 2.24) is 4.31 Å². The van der Waals surface area contributed by atoms with Gasteiger partial charge >= 0.3 is 0 Å². The van der Waals surface area contributed by atoms with Gasteiger partial charge in [0.2, 0.25) is 10.0 Å². The predicted molar refractivity (Wildman–Crippen MR) is 75.1 cm³/mol. The van der Waals surface area contributed by atoms with E-state index < -0.39 is 22.5 Å². The van der Waals surface area contributed by atoms with E-state index in [0.717, 1.165) is 4.31 Å². The van der Waals surface area contributed by atoms with Gasteiger partial charge in [-0.15, -0.1) is 0 Å². The van der Waals surface area contributed by atoms with Crippen LogP contribution < -0.4 is 4.74 Å². The van der Waals surface area contributed by atoms with Gasteiger partial charge in [0.15, 0.2) is 0 Å². The minimum atomic E-state index is -3.88. The SMILES string of the molecule is CC(C)Oc1ccc(S(=O)(=O)N2CCC[C@@H]2C(F)F)cc1. The molecule has 1 atom stereocenters. The monoisotopic (exact) mass is 319 g/mol. The highest BCUT2D eigenvalue weighted by molar-refractivity contribution is 7.89. The van der Waals surface area contributed by atoms with Crippen LogP contribution in [0.5, 0.6) is 5.75 Å². The number of hydrogen-bond donors (Lipinski definition) is 0. The second-order valence-electron chi connectivity index (χ2n) is 5.30. The fourth-order valence-electron chi connectivity index (χ4n) is 2.41. The van der Waals surface area contributed by atoms with E-state index in [1.165, 1.54) is 12.1 Å². The van der Waals surface area contributed by atoms with E-state index in [9.17, 15) is 17.2 Å². The normalized spacial score (nSPS) is 20.4. The molecule has 1 aromatic rings. The van der Waals surface area contributed by atoms with E-state index in [4.69, 9.17) is 4.74 Å². The number of nitrogens with zero attached hydrogens (tertiary/aromatic N) is 1. The van der Waals surface area contributed by atoms with Crippen LogP contribution in [0.1, 0.15) is 26.7 Å². The average Bonchev–Trinajstić information content (AvgIpc) is 2.88. The summed E-state index contributed by atoms with van der Waals surface area (Å²) in [6, 6.07) is 4.66. The molecule has 4 nitrogen and oxygen atoms in total. The first-order valence-electron chi connectivity index (χ1n) is 6.89. The molecule has 1 saturated heterocycles. The molecule has 0 aromatic heterocycles. The van der Waals surface area contributed by atoms with Crippen LogP contribution in [-0.4, -0.2) is 37.8 Å². The van der Waals surface area contributed by atoms with Crippen LogP contribution in [0.2, 0.25) is 0 Å². The third-order valence-electron chi connectivity index (χ3n) is 3.34. The van der Waals surface area contributed by atoms with Gasteiger partial charge in [0, 0.05) is 6.54 Å². The fraction of sp³-hybridized carbons (Fsp3) is 0.571. The first kappa shape index (κ1) is 16.2. The molecule has 1 fully saturated rings. The largest absolute Gasteiger partial charge is 0.491 e. The number of ether oxygens (including phenoxy) is 1. The smallest absolute Gasteiger partial charge is 0.255 e. The maximum Gasteiger partial charge on any atom is 0.255 e. The zero-order chi connectivity index (χ0) is 15.6. The number of sulfonamides is 1. The number of hydrogen-bond acceptors (Lipinski definition) is 3. The number of rotatable bonds is 5. The van der Waals surface area contributed by atoms with E-state index in [1.807, 2.05) is 13.8 Å². The summed E-state index contributed by atoms with van der Waals surface area (Å²) in [4.78, 5) is 0.0196. The molecule has 21 heavy (non-hydrogen) atoms. The van der Waals surface area contributed by atoms with Gasteiger partial charge in [-0.3, -0.25) is 0 Å². The third kappa shape index (κ3) is 3.52. The Morgan fingerprint density at radius 1 is 1.24 bits per heavy atom. The van der Waals surface area contributed by atoms with Crippen molar-refractivity contribution < 1.29 is 21.9 Å². The third-order valence-corrected chi connectivity index (χ3v) is 5.28. The Balaban J connectivity index is 2.23. The van der Waals surface area contributed by atoms with Gasteiger partial charge in [-0.2, -0.15) is 4.31 Å². The van der Waals surface area contributed by atoms with Crippen LogP contribution in [0.15, 0.2) is 29.2 Å². The van der Waals surface area contributed by atoms with Crippen molar-refractivity contribution in [2.75, 3.05) is 6.54 Å². The average molecular weight is 319 g/mol. The number of benzene rings is 1. The van der Waals surface area contributed by atoms with Gasteiger partial charge in [-0.1, -0.05) is 0 Å². The molecule has 0 N–H and O–H groups in total. The lowest BCUT2D eigenvalue weighted by Crippen LogP contribution is -2.39. The molecule has 118 valence electrons. The van der Waals surface area contributed by atoms with Crippen LogP contribution in [0.25, 0.3) is 0 Å². The highest BCUT2D eigenvalue weighted by Gasteiger charge is 2.40. The lowest BCUT2D eigenvalue weighted by atomic mass is 10.2. The van der Waals surface area contributed by atoms with E-state index in [1.54, 1.807) is 12.1 Å². The molecule has 0 saturated carbocycles. The quantitative estimate of drug-likeness (QED) is 0.838. The summed E-state index contributed by atoms with van der Waals surface area (Å²) in [6.45, 7) is 3.87. The summed E-state index contributed by atoms with van der Waals surface area (Å²) in [5, 5.41) is 0. The fourth-order valence-corrected chi connectivity index (χ4v) is 4.09. The Labute approximate surface area is 123 Å². The molecule has 1 heterocycles. The zero-order valence-corrected chi connectivity index (χ0v) is 12.8. The van der Waals surface area contributed by atoms with Crippen LogP contribution in [0.4, 0.5) is 8.78 Å². The highest BCUT2D eigenvalue weighted by atomic mass is 32.2. The van der Waals surface area contributed by atoms with Crippen molar-refractivity contribution in [3.05, 3.63) is 24.3 Å². The Hall–Kier alpha value is -1.21. The molecule has 1 aromatic carbocycles. The maximum absolute atomic E-state index is 12.9. The maximum atomic E-state index is 12.9. The zero-order valence-electron chi connectivity index (χ0n) is 12.0. The summed E-state index contributed by atoms with van der Waals surface area (Å²) in [7, 11) is -3.88. The lowest BCUT2D eigenvalue weighted by molar-refractivity contribution is 0.0784. The van der Waals surface area contributed by atoms with Crippen molar-refractivity contribution in [2.24, 2.45) is 0 Å². The van der Waals surface area contributed by atoms with E-state index in [0.29, 0.717) is 12.2 Å². The summed E-state index contributed by atoms with van der Waals surface area (Å²) < 4.78 is 57.1. The Bertz CT molecular complexity index is 572. The topological polar surface area (TPSA) is 46.6 Å². The van der Waals surface area contributed by atoms with Gasteiger partial charge in [-0.05, 0) is 51.0 Å². The van der Waals surface area contributed by atoms with E-state index >= 15 is 0 Å². The minimum absolute atomic E-state index is 0.0192. The second-order valence-corrected chi connectivity index (χ2v) is 7.19. The molecule has 0 bridgehead atoms. The first-order chi connectivity index (χ1) is 9.82. The highest BCUT2D eigenvalue weighted by Crippen LogP contribution is 2.30. The van der Waals surface area contributed by atoms with Crippen LogP contribution in [-0.2, 0) is 10.0 Å². The second kappa shape index (κ2) is 6.27.